The van der Waals surface area contributed by atoms with Crippen LogP contribution >= 0.6 is 0 Å². The van der Waals surface area contributed by atoms with Crippen LogP contribution in [0.4, 0.5) is 0 Å². The molecular formula is C15H28N2O2. The quantitative estimate of drug-likeness (QED) is 0.689. The molecule has 1 aliphatic heterocycles. The molecule has 1 rings (SSSR count). The summed E-state index contributed by atoms with van der Waals surface area (Å²) >= 11 is 0. The van der Waals surface area contributed by atoms with Gasteiger partial charge in [0.2, 0.25) is 5.91 Å². The zero-order valence-electron chi connectivity index (χ0n) is 12.3. The van der Waals surface area contributed by atoms with E-state index in [-0.39, 0.29) is 24.0 Å². The van der Waals surface area contributed by atoms with E-state index in [1.54, 1.807) is 0 Å². The Hall–Kier alpha value is -0.870. The molecule has 0 aromatic heterocycles. The van der Waals surface area contributed by atoms with E-state index >= 15 is 0 Å². The molecule has 1 atom stereocenters. The lowest BCUT2D eigenvalue weighted by molar-refractivity contribution is -0.127. The molecule has 0 aromatic carbocycles. The Bertz CT molecular complexity index is 284. The molecule has 0 aliphatic carbocycles. The molecule has 4 heteroatoms. The molecule has 0 spiro atoms. The molecule has 1 heterocycles. The maximum absolute atomic E-state index is 11.9. The minimum atomic E-state index is -0.279. The normalized spacial score (nSPS) is 19.4. The average molecular weight is 268 g/mol. The van der Waals surface area contributed by atoms with Crippen LogP contribution in [0.15, 0.2) is 12.7 Å². The fourth-order valence-electron chi connectivity index (χ4n) is 2.48. The molecule has 0 unspecified atom stereocenters. The third-order valence-electron chi connectivity index (χ3n) is 3.56. The lowest BCUT2D eigenvalue weighted by atomic mass is 9.95. The number of nitrogens with zero attached hydrogens (tertiary/aromatic N) is 1. The monoisotopic (exact) mass is 268 g/mol. The van der Waals surface area contributed by atoms with E-state index in [1.165, 1.54) is 0 Å². The highest BCUT2D eigenvalue weighted by Crippen LogP contribution is 2.18. The van der Waals surface area contributed by atoms with Crippen LogP contribution in [0.2, 0.25) is 0 Å². The molecule has 0 radical (unpaired) electrons. The van der Waals surface area contributed by atoms with Gasteiger partial charge >= 0.3 is 0 Å². The molecular weight excluding hydrogens is 240 g/mol. The van der Waals surface area contributed by atoms with Crippen molar-refractivity contribution in [2.24, 2.45) is 5.92 Å². The highest BCUT2D eigenvalue weighted by Gasteiger charge is 2.25. The van der Waals surface area contributed by atoms with Crippen molar-refractivity contribution in [3.8, 4) is 0 Å². The van der Waals surface area contributed by atoms with Crippen molar-refractivity contribution in [1.29, 1.82) is 0 Å². The second-order valence-corrected chi connectivity index (χ2v) is 5.76. The number of carbonyl (C=O) groups excluding carboxylic acids is 1. The summed E-state index contributed by atoms with van der Waals surface area (Å²) in [6, 6.07) is 0.214. The molecule has 1 amide bonds. The molecule has 110 valence electrons. The molecule has 0 saturated carbocycles. The summed E-state index contributed by atoms with van der Waals surface area (Å²) < 4.78 is 0. The lowest BCUT2D eigenvalue weighted by Gasteiger charge is -2.32. The summed E-state index contributed by atoms with van der Waals surface area (Å²) in [4.78, 5) is 14.1. The fraction of sp³-hybridized carbons (Fsp3) is 0.800. The number of piperidine rings is 1. The molecule has 1 fully saturated rings. The Kier molecular flexibility index (Phi) is 7.10. The number of allylic oxidation sites excluding steroid dienone is 1. The molecule has 0 aromatic rings. The summed E-state index contributed by atoms with van der Waals surface area (Å²) in [6.45, 7) is 10.2. The number of nitrogens with one attached hydrogen (secondary N) is 1. The van der Waals surface area contributed by atoms with E-state index in [2.05, 4.69) is 16.8 Å². The Morgan fingerprint density at radius 1 is 1.47 bits per heavy atom. The van der Waals surface area contributed by atoms with Gasteiger partial charge in [0.25, 0.3) is 0 Å². The Morgan fingerprint density at radius 2 is 2.11 bits per heavy atom. The Labute approximate surface area is 116 Å². The highest BCUT2D eigenvalue weighted by molar-refractivity contribution is 5.78. The number of amides is 1. The zero-order valence-corrected chi connectivity index (χ0v) is 12.3. The number of rotatable bonds is 7. The molecule has 19 heavy (non-hydrogen) atoms. The number of carbonyl (C=O) groups is 1. The van der Waals surface area contributed by atoms with Gasteiger partial charge in [-0.25, -0.2) is 0 Å². The lowest BCUT2D eigenvalue weighted by Crippen LogP contribution is -2.44. The molecule has 1 saturated heterocycles. The highest BCUT2D eigenvalue weighted by atomic mass is 16.3. The number of aliphatic hydroxyl groups excluding tert-OH is 1. The van der Waals surface area contributed by atoms with E-state index in [0.29, 0.717) is 6.54 Å². The second kappa shape index (κ2) is 8.33. The van der Waals surface area contributed by atoms with Crippen LogP contribution in [0.5, 0.6) is 0 Å². The average Bonchev–Trinajstić information content (AvgIpc) is 2.36. The first kappa shape index (κ1) is 16.2. The van der Waals surface area contributed by atoms with Crippen LogP contribution in [0, 0.1) is 5.92 Å². The van der Waals surface area contributed by atoms with Crippen LogP contribution in [0.3, 0.4) is 0 Å². The van der Waals surface area contributed by atoms with Gasteiger partial charge in [0.1, 0.15) is 0 Å². The second-order valence-electron chi connectivity index (χ2n) is 5.76. The topological polar surface area (TPSA) is 52.6 Å². The van der Waals surface area contributed by atoms with E-state index in [1.807, 2.05) is 19.9 Å². The van der Waals surface area contributed by atoms with Crippen molar-refractivity contribution in [1.82, 2.24) is 10.2 Å². The maximum Gasteiger partial charge on any atom is 0.223 e. The first-order valence-electron chi connectivity index (χ1n) is 7.34. The fourth-order valence-corrected chi connectivity index (χ4v) is 2.48. The van der Waals surface area contributed by atoms with Crippen molar-refractivity contribution in [3.63, 3.8) is 0 Å². The number of aliphatic hydroxyl groups is 1. The van der Waals surface area contributed by atoms with E-state index in [0.717, 1.165) is 38.8 Å². The van der Waals surface area contributed by atoms with Crippen molar-refractivity contribution in [2.45, 2.75) is 51.7 Å². The van der Waals surface area contributed by atoms with Gasteiger partial charge in [-0.2, -0.15) is 0 Å². The number of β-amino-alcohol motifs (C(OH)–C–C–N with tert-alkyl or cyclic N) is 1. The zero-order chi connectivity index (χ0) is 14.3. The standard InChI is InChI=1S/C15H28N2O2/c1-4-5-6-14(18)11-17-9-7-13(8-10-17)15(19)16-12(2)3/h4,12-14,18H,1,5-11H2,2-3H3,(H,16,19)/t14-/m0/s1. The van der Waals surface area contributed by atoms with Crippen molar-refractivity contribution >= 4 is 5.91 Å². The predicted octanol–water partition coefficient (Wildman–Crippen LogP) is 1.55. The van der Waals surface area contributed by atoms with Gasteiger partial charge in [-0.1, -0.05) is 6.08 Å². The number of hydrogen-bond donors (Lipinski definition) is 2. The van der Waals surface area contributed by atoms with Gasteiger partial charge in [0.05, 0.1) is 6.10 Å². The van der Waals surface area contributed by atoms with E-state index in [9.17, 15) is 9.90 Å². The molecule has 4 nitrogen and oxygen atoms in total. The van der Waals surface area contributed by atoms with Crippen molar-refractivity contribution in [2.75, 3.05) is 19.6 Å². The van der Waals surface area contributed by atoms with Gasteiger partial charge in [-0.15, -0.1) is 6.58 Å². The molecule has 0 bridgehead atoms. The summed E-state index contributed by atoms with van der Waals surface area (Å²) in [6.07, 6.45) is 4.98. The summed E-state index contributed by atoms with van der Waals surface area (Å²) in [5.41, 5.74) is 0. The summed E-state index contributed by atoms with van der Waals surface area (Å²) in [5.74, 6) is 0.325. The smallest absolute Gasteiger partial charge is 0.223 e. The summed E-state index contributed by atoms with van der Waals surface area (Å²) in [7, 11) is 0. The van der Waals surface area contributed by atoms with Crippen LogP contribution in [0.25, 0.3) is 0 Å². The SMILES string of the molecule is C=CCC[C@H](O)CN1CCC(C(=O)NC(C)C)CC1. The van der Waals surface area contributed by atoms with E-state index in [4.69, 9.17) is 0 Å². The first-order chi connectivity index (χ1) is 9.02. The minimum Gasteiger partial charge on any atom is -0.392 e. The van der Waals surface area contributed by atoms with Crippen LogP contribution in [-0.4, -0.2) is 47.7 Å². The van der Waals surface area contributed by atoms with Gasteiger partial charge in [-0.3, -0.25) is 4.79 Å². The third-order valence-corrected chi connectivity index (χ3v) is 3.56. The Balaban J connectivity index is 2.24. The molecule has 1 aliphatic rings. The number of hydrogen-bond acceptors (Lipinski definition) is 3. The van der Waals surface area contributed by atoms with Gasteiger partial charge in [0, 0.05) is 18.5 Å². The van der Waals surface area contributed by atoms with Crippen LogP contribution in [-0.2, 0) is 4.79 Å². The van der Waals surface area contributed by atoms with E-state index < -0.39 is 0 Å². The number of likely N-dealkylation sites (tertiary alicyclic amines) is 1. The van der Waals surface area contributed by atoms with Crippen molar-refractivity contribution < 1.29 is 9.90 Å². The summed E-state index contributed by atoms with van der Waals surface area (Å²) in [5, 5.41) is 12.8. The third kappa shape index (κ3) is 6.21. The van der Waals surface area contributed by atoms with Crippen molar-refractivity contribution in [3.05, 3.63) is 12.7 Å². The first-order valence-corrected chi connectivity index (χ1v) is 7.34. The largest absolute Gasteiger partial charge is 0.392 e. The van der Waals surface area contributed by atoms with Gasteiger partial charge in [0.15, 0.2) is 0 Å². The van der Waals surface area contributed by atoms with Gasteiger partial charge in [-0.05, 0) is 52.6 Å². The predicted molar refractivity (Wildman–Crippen MR) is 77.9 cm³/mol. The van der Waals surface area contributed by atoms with Crippen LogP contribution in [0.1, 0.15) is 39.5 Å². The Morgan fingerprint density at radius 3 is 2.63 bits per heavy atom. The molecule has 2 N–H and O–H groups in total. The van der Waals surface area contributed by atoms with Gasteiger partial charge < -0.3 is 15.3 Å². The maximum atomic E-state index is 11.9. The van der Waals surface area contributed by atoms with Crippen LogP contribution < -0.4 is 5.32 Å². The minimum absolute atomic E-state index is 0.143.